The fourth-order valence-electron chi connectivity index (χ4n) is 3.41. The van der Waals surface area contributed by atoms with Gasteiger partial charge in [-0.15, -0.1) is 0 Å². The Kier molecular flexibility index (Phi) is 6.12. The zero-order valence-electron chi connectivity index (χ0n) is 15.8. The summed E-state index contributed by atoms with van der Waals surface area (Å²) < 4.78 is 10.8. The van der Waals surface area contributed by atoms with Crippen molar-refractivity contribution in [2.24, 2.45) is 0 Å². The highest BCUT2D eigenvalue weighted by molar-refractivity contribution is 5.95. The van der Waals surface area contributed by atoms with Gasteiger partial charge >= 0.3 is 0 Å². The number of hydrogen-bond acceptors (Lipinski definition) is 4. The third kappa shape index (κ3) is 4.48. The lowest BCUT2D eigenvalue weighted by molar-refractivity contribution is -0.134. The van der Waals surface area contributed by atoms with Crippen LogP contribution in [-0.4, -0.2) is 36.9 Å². The number of carbonyl (C=O) groups is 2. The average molecular weight is 367 g/mol. The first kappa shape index (κ1) is 19.0. The van der Waals surface area contributed by atoms with Crippen LogP contribution in [0.2, 0.25) is 0 Å². The average Bonchev–Trinajstić information content (AvgIpc) is 3.22. The van der Waals surface area contributed by atoms with Crippen LogP contribution in [0.1, 0.15) is 48.1 Å². The van der Waals surface area contributed by atoms with Crippen molar-refractivity contribution in [3.05, 3.63) is 59.7 Å². The SMILES string of the molecule is CCC(=O)c1ccc(OCC(=O)N2CCCC2c2ccc(OC)cc2)cc1. The van der Waals surface area contributed by atoms with Crippen LogP contribution < -0.4 is 9.47 Å². The van der Waals surface area contributed by atoms with Crippen LogP contribution in [0, 0.1) is 0 Å². The van der Waals surface area contributed by atoms with E-state index in [0.717, 1.165) is 30.7 Å². The van der Waals surface area contributed by atoms with Crippen molar-refractivity contribution in [3.8, 4) is 11.5 Å². The summed E-state index contributed by atoms with van der Waals surface area (Å²) in [5.41, 5.74) is 1.78. The molecule has 2 aromatic rings. The molecule has 5 heteroatoms. The Labute approximate surface area is 159 Å². The smallest absolute Gasteiger partial charge is 0.261 e. The number of benzene rings is 2. The van der Waals surface area contributed by atoms with E-state index in [4.69, 9.17) is 9.47 Å². The first-order chi connectivity index (χ1) is 13.1. The molecule has 0 bridgehead atoms. The molecule has 1 amide bonds. The zero-order valence-corrected chi connectivity index (χ0v) is 15.8. The molecule has 0 saturated carbocycles. The Morgan fingerprint density at radius 2 is 1.70 bits per heavy atom. The molecule has 142 valence electrons. The molecular weight excluding hydrogens is 342 g/mol. The van der Waals surface area contributed by atoms with Gasteiger partial charge in [0, 0.05) is 18.5 Å². The molecule has 1 atom stereocenters. The Morgan fingerprint density at radius 3 is 2.33 bits per heavy atom. The number of ketones is 1. The first-order valence-corrected chi connectivity index (χ1v) is 9.32. The van der Waals surface area contributed by atoms with Gasteiger partial charge in [-0.25, -0.2) is 0 Å². The monoisotopic (exact) mass is 367 g/mol. The van der Waals surface area contributed by atoms with Gasteiger partial charge in [-0.2, -0.15) is 0 Å². The summed E-state index contributed by atoms with van der Waals surface area (Å²) in [6.45, 7) is 2.57. The summed E-state index contributed by atoms with van der Waals surface area (Å²) in [5.74, 6) is 1.47. The molecule has 1 aliphatic heterocycles. The Balaban J connectivity index is 1.60. The van der Waals surface area contributed by atoms with Gasteiger partial charge in [-0.05, 0) is 54.8 Å². The maximum Gasteiger partial charge on any atom is 0.261 e. The molecule has 27 heavy (non-hydrogen) atoms. The fourth-order valence-corrected chi connectivity index (χ4v) is 3.41. The summed E-state index contributed by atoms with van der Waals surface area (Å²) in [6, 6.07) is 14.9. The predicted molar refractivity (Wildman–Crippen MR) is 103 cm³/mol. The van der Waals surface area contributed by atoms with Gasteiger partial charge in [-0.1, -0.05) is 19.1 Å². The summed E-state index contributed by atoms with van der Waals surface area (Å²) in [7, 11) is 1.64. The molecule has 0 radical (unpaired) electrons. The van der Waals surface area contributed by atoms with E-state index in [1.165, 1.54) is 0 Å². The molecule has 0 aromatic heterocycles. The van der Waals surface area contributed by atoms with Gasteiger partial charge in [-0.3, -0.25) is 9.59 Å². The van der Waals surface area contributed by atoms with Crippen LogP contribution in [0.5, 0.6) is 11.5 Å². The minimum absolute atomic E-state index is 0.00622. The predicted octanol–water partition coefficient (Wildman–Crippen LogP) is 4.03. The highest BCUT2D eigenvalue weighted by Gasteiger charge is 2.30. The lowest BCUT2D eigenvalue weighted by atomic mass is 10.0. The Hall–Kier alpha value is -2.82. The summed E-state index contributed by atoms with van der Waals surface area (Å²) in [5, 5.41) is 0. The van der Waals surface area contributed by atoms with Crippen LogP contribution in [0.25, 0.3) is 0 Å². The number of nitrogens with zero attached hydrogens (tertiary/aromatic N) is 1. The molecule has 1 heterocycles. The third-order valence-corrected chi connectivity index (χ3v) is 4.93. The van der Waals surface area contributed by atoms with Crippen molar-refractivity contribution in [1.82, 2.24) is 4.90 Å². The zero-order chi connectivity index (χ0) is 19.2. The van der Waals surface area contributed by atoms with Crippen molar-refractivity contribution in [2.75, 3.05) is 20.3 Å². The van der Waals surface area contributed by atoms with Gasteiger partial charge in [0.2, 0.25) is 0 Å². The van der Waals surface area contributed by atoms with E-state index < -0.39 is 0 Å². The molecule has 1 saturated heterocycles. The minimum atomic E-state index is -0.0259. The highest BCUT2D eigenvalue weighted by Crippen LogP contribution is 2.32. The van der Waals surface area contributed by atoms with Crippen molar-refractivity contribution in [1.29, 1.82) is 0 Å². The van der Waals surface area contributed by atoms with Crippen LogP contribution in [0.3, 0.4) is 0 Å². The van der Waals surface area contributed by atoms with Gasteiger partial charge < -0.3 is 14.4 Å². The summed E-state index contributed by atoms with van der Waals surface area (Å²) >= 11 is 0. The topological polar surface area (TPSA) is 55.8 Å². The van der Waals surface area contributed by atoms with Crippen LogP contribution in [0.15, 0.2) is 48.5 Å². The van der Waals surface area contributed by atoms with E-state index in [2.05, 4.69) is 0 Å². The number of rotatable bonds is 7. The van der Waals surface area contributed by atoms with Crippen molar-refractivity contribution < 1.29 is 19.1 Å². The van der Waals surface area contributed by atoms with Gasteiger partial charge in [0.05, 0.1) is 13.2 Å². The number of methoxy groups -OCH3 is 1. The molecule has 3 rings (SSSR count). The van der Waals surface area contributed by atoms with E-state index >= 15 is 0 Å². The number of likely N-dealkylation sites (tertiary alicyclic amines) is 1. The number of Topliss-reactive ketones (excluding diaryl/α,β-unsaturated/α-hetero) is 1. The Morgan fingerprint density at radius 1 is 1.04 bits per heavy atom. The van der Waals surface area contributed by atoms with E-state index in [0.29, 0.717) is 17.7 Å². The molecule has 2 aromatic carbocycles. The van der Waals surface area contributed by atoms with Gasteiger partial charge in [0.15, 0.2) is 12.4 Å². The van der Waals surface area contributed by atoms with Crippen LogP contribution in [-0.2, 0) is 4.79 Å². The Bertz CT molecular complexity index is 783. The molecule has 1 fully saturated rings. The first-order valence-electron chi connectivity index (χ1n) is 9.32. The number of carbonyl (C=O) groups excluding carboxylic acids is 2. The van der Waals surface area contributed by atoms with E-state index in [1.807, 2.05) is 36.1 Å². The standard InChI is InChI=1S/C22H25NO4/c1-3-21(24)17-8-12-19(13-9-17)27-15-22(25)23-14-4-5-20(23)16-6-10-18(26-2)11-7-16/h6-13,20H,3-5,14-15H2,1-2H3. The number of ether oxygens (including phenoxy) is 2. The largest absolute Gasteiger partial charge is 0.497 e. The second kappa shape index (κ2) is 8.71. The van der Waals surface area contributed by atoms with Crippen molar-refractivity contribution in [2.45, 2.75) is 32.2 Å². The van der Waals surface area contributed by atoms with E-state index in [1.54, 1.807) is 31.4 Å². The van der Waals surface area contributed by atoms with Crippen molar-refractivity contribution >= 4 is 11.7 Å². The molecule has 1 unspecified atom stereocenters. The second-order valence-electron chi connectivity index (χ2n) is 6.61. The van der Waals surface area contributed by atoms with Crippen LogP contribution >= 0.6 is 0 Å². The maximum absolute atomic E-state index is 12.7. The van der Waals surface area contributed by atoms with Crippen molar-refractivity contribution in [3.63, 3.8) is 0 Å². The summed E-state index contributed by atoms with van der Waals surface area (Å²) in [6.07, 6.45) is 2.41. The molecular formula is C22H25NO4. The van der Waals surface area contributed by atoms with Crippen LogP contribution in [0.4, 0.5) is 0 Å². The van der Waals surface area contributed by atoms with Gasteiger partial charge in [0.25, 0.3) is 5.91 Å². The summed E-state index contributed by atoms with van der Waals surface area (Å²) in [4.78, 5) is 26.2. The third-order valence-electron chi connectivity index (χ3n) is 4.93. The number of hydrogen-bond donors (Lipinski definition) is 0. The van der Waals surface area contributed by atoms with E-state index in [-0.39, 0.29) is 24.3 Å². The quantitative estimate of drug-likeness (QED) is 0.693. The fraction of sp³-hybridized carbons (Fsp3) is 0.364. The highest BCUT2D eigenvalue weighted by atomic mass is 16.5. The minimum Gasteiger partial charge on any atom is -0.497 e. The second-order valence-corrected chi connectivity index (χ2v) is 6.61. The molecule has 0 spiro atoms. The normalized spacial score (nSPS) is 16.2. The maximum atomic E-state index is 12.7. The lowest BCUT2D eigenvalue weighted by Gasteiger charge is -2.25. The lowest BCUT2D eigenvalue weighted by Crippen LogP contribution is -2.34. The molecule has 5 nitrogen and oxygen atoms in total. The molecule has 1 aliphatic rings. The van der Waals surface area contributed by atoms with E-state index in [9.17, 15) is 9.59 Å². The number of amides is 1. The molecule has 0 aliphatic carbocycles. The van der Waals surface area contributed by atoms with Gasteiger partial charge in [0.1, 0.15) is 11.5 Å². The molecule has 0 N–H and O–H groups in total.